The van der Waals surface area contributed by atoms with E-state index in [1.54, 1.807) is 0 Å². The molecule has 0 amide bonds. The minimum absolute atomic E-state index is 0.142. The van der Waals surface area contributed by atoms with Crippen molar-refractivity contribution in [2.75, 3.05) is 6.54 Å². The van der Waals surface area contributed by atoms with Gasteiger partial charge in [0.2, 0.25) is 0 Å². The first kappa shape index (κ1) is 13.6. The Morgan fingerprint density at radius 2 is 2.17 bits per heavy atom. The van der Waals surface area contributed by atoms with Crippen LogP contribution in [0.2, 0.25) is 0 Å². The summed E-state index contributed by atoms with van der Waals surface area (Å²) in [5, 5.41) is 0. The summed E-state index contributed by atoms with van der Waals surface area (Å²) in [4.78, 5) is 2.52. The lowest BCUT2D eigenvalue weighted by molar-refractivity contribution is 0.138. The lowest BCUT2D eigenvalue weighted by atomic mass is 10.0. The summed E-state index contributed by atoms with van der Waals surface area (Å²) in [6.07, 6.45) is 2.23. The van der Waals surface area contributed by atoms with E-state index in [4.69, 9.17) is 10.2 Å². The molecule has 3 heteroatoms. The van der Waals surface area contributed by atoms with E-state index in [0.717, 1.165) is 30.4 Å². The predicted molar refractivity (Wildman–Crippen MR) is 74.4 cm³/mol. The highest BCUT2D eigenvalue weighted by molar-refractivity contribution is 5.13. The highest BCUT2D eigenvalue weighted by Crippen LogP contribution is 2.35. The van der Waals surface area contributed by atoms with Crippen molar-refractivity contribution < 1.29 is 4.42 Å². The van der Waals surface area contributed by atoms with Gasteiger partial charge in [-0.15, -0.1) is 0 Å². The van der Waals surface area contributed by atoms with E-state index >= 15 is 0 Å². The molecular formula is C15H26N2O. The second-order valence-corrected chi connectivity index (χ2v) is 5.85. The first-order valence-electron chi connectivity index (χ1n) is 7.10. The van der Waals surface area contributed by atoms with Crippen molar-refractivity contribution >= 4 is 0 Å². The van der Waals surface area contributed by atoms with Crippen molar-refractivity contribution in [2.45, 2.75) is 58.7 Å². The van der Waals surface area contributed by atoms with Gasteiger partial charge in [-0.2, -0.15) is 0 Å². The number of nitrogens with zero attached hydrogens (tertiary/aromatic N) is 1. The van der Waals surface area contributed by atoms with Crippen LogP contribution in [0.5, 0.6) is 0 Å². The number of nitrogens with two attached hydrogens (primary N) is 1. The van der Waals surface area contributed by atoms with Crippen LogP contribution in [-0.4, -0.2) is 23.5 Å². The summed E-state index contributed by atoms with van der Waals surface area (Å²) >= 11 is 0. The van der Waals surface area contributed by atoms with Gasteiger partial charge in [0.1, 0.15) is 11.5 Å². The maximum absolute atomic E-state index is 6.34. The first-order chi connectivity index (χ1) is 8.52. The van der Waals surface area contributed by atoms with Crippen LogP contribution in [0.1, 0.15) is 51.2 Å². The summed E-state index contributed by atoms with van der Waals surface area (Å²) in [6.45, 7) is 9.89. The number of likely N-dealkylation sites (tertiary alicyclic amines) is 1. The van der Waals surface area contributed by atoms with Crippen molar-refractivity contribution in [2.24, 2.45) is 11.7 Å². The van der Waals surface area contributed by atoms with Gasteiger partial charge in [-0.05, 0) is 44.7 Å². The number of hydrogen-bond donors (Lipinski definition) is 1. The SMILES string of the molecule is CCC(N)C(c1ccc(C)o1)N1CC(C)CC1C. The molecule has 0 radical (unpaired) electrons. The number of rotatable bonds is 4. The van der Waals surface area contributed by atoms with E-state index in [1.807, 2.05) is 13.0 Å². The molecule has 2 heterocycles. The standard InChI is InChI=1S/C15H26N2O/c1-5-13(16)15(14-7-6-12(4)18-14)17-9-10(2)8-11(17)3/h6-7,10-11,13,15H,5,8-9,16H2,1-4H3. The third kappa shape index (κ3) is 2.62. The zero-order valence-corrected chi connectivity index (χ0v) is 12.0. The van der Waals surface area contributed by atoms with Crippen molar-refractivity contribution in [3.63, 3.8) is 0 Å². The molecule has 4 atom stereocenters. The number of hydrogen-bond acceptors (Lipinski definition) is 3. The largest absolute Gasteiger partial charge is 0.465 e. The summed E-state index contributed by atoms with van der Waals surface area (Å²) in [5.41, 5.74) is 6.34. The molecule has 1 aliphatic heterocycles. The average Bonchev–Trinajstić information content (AvgIpc) is 2.86. The molecule has 4 unspecified atom stereocenters. The third-order valence-corrected chi connectivity index (χ3v) is 4.12. The Morgan fingerprint density at radius 1 is 1.44 bits per heavy atom. The molecular weight excluding hydrogens is 224 g/mol. The van der Waals surface area contributed by atoms with Gasteiger partial charge in [0, 0.05) is 18.6 Å². The normalized spacial score (nSPS) is 28.5. The molecule has 1 fully saturated rings. The van der Waals surface area contributed by atoms with E-state index in [0.29, 0.717) is 6.04 Å². The minimum Gasteiger partial charge on any atom is -0.465 e. The fourth-order valence-corrected chi connectivity index (χ4v) is 3.18. The van der Waals surface area contributed by atoms with E-state index in [-0.39, 0.29) is 12.1 Å². The summed E-state index contributed by atoms with van der Waals surface area (Å²) in [6, 6.07) is 5.08. The molecule has 0 spiro atoms. The molecule has 18 heavy (non-hydrogen) atoms. The van der Waals surface area contributed by atoms with Crippen LogP contribution < -0.4 is 5.73 Å². The molecule has 0 saturated carbocycles. The molecule has 0 aliphatic carbocycles. The van der Waals surface area contributed by atoms with Gasteiger partial charge < -0.3 is 10.2 Å². The van der Waals surface area contributed by atoms with Crippen LogP contribution in [0.15, 0.2) is 16.5 Å². The lowest BCUT2D eigenvalue weighted by Crippen LogP contribution is -2.42. The average molecular weight is 250 g/mol. The Bertz CT molecular complexity index is 388. The molecule has 2 N–H and O–H groups in total. The Hall–Kier alpha value is -0.800. The zero-order valence-electron chi connectivity index (χ0n) is 12.0. The topological polar surface area (TPSA) is 42.4 Å². The third-order valence-electron chi connectivity index (χ3n) is 4.12. The van der Waals surface area contributed by atoms with Crippen molar-refractivity contribution in [1.29, 1.82) is 0 Å². The zero-order chi connectivity index (χ0) is 13.3. The quantitative estimate of drug-likeness (QED) is 0.893. The monoisotopic (exact) mass is 250 g/mol. The molecule has 1 saturated heterocycles. The molecule has 1 aromatic heterocycles. The fraction of sp³-hybridized carbons (Fsp3) is 0.733. The van der Waals surface area contributed by atoms with Gasteiger partial charge in [-0.1, -0.05) is 13.8 Å². The number of furan rings is 1. The van der Waals surface area contributed by atoms with Gasteiger partial charge in [0.15, 0.2) is 0 Å². The molecule has 3 nitrogen and oxygen atoms in total. The van der Waals surface area contributed by atoms with Crippen LogP contribution in [0.3, 0.4) is 0 Å². The summed E-state index contributed by atoms with van der Waals surface area (Å²) < 4.78 is 5.84. The molecule has 1 aliphatic rings. The molecule has 102 valence electrons. The van der Waals surface area contributed by atoms with Crippen LogP contribution in [0.25, 0.3) is 0 Å². The Kier molecular flexibility index (Phi) is 4.13. The fourth-order valence-electron chi connectivity index (χ4n) is 3.18. The Labute approximate surface area is 110 Å². The minimum atomic E-state index is 0.142. The van der Waals surface area contributed by atoms with Crippen LogP contribution in [-0.2, 0) is 0 Å². The van der Waals surface area contributed by atoms with Crippen molar-refractivity contribution in [3.05, 3.63) is 23.7 Å². The van der Waals surface area contributed by atoms with E-state index in [1.165, 1.54) is 6.42 Å². The lowest BCUT2D eigenvalue weighted by Gasteiger charge is -2.33. The van der Waals surface area contributed by atoms with E-state index < -0.39 is 0 Å². The smallest absolute Gasteiger partial charge is 0.122 e. The van der Waals surface area contributed by atoms with Crippen LogP contribution in [0.4, 0.5) is 0 Å². The molecule has 0 aromatic carbocycles. The second kappa shape index (κ2) is 5.45. The van der Waals surface area contributed by atoms with Gasteiger partial charge in [-0.3, -0.25) is 4.90 Å². The molecule has 1 aromatic rings. The highest BCUT2D eigenvalue weighted by Gasteiger charge is 2.36. The van der Waals surface area contributed by atoms with Crippen molar-refractivity contribution in [3.8, 4) is 0 Å². The highest BCUT2D eigenvalue weighted by atomic mass is 16.3. The van der Waals surface area contributed by atoms with E-state index in [2.05, 4.69) is 31.7 Å². The maximum atomic E-state index is 6.34. The van der Waals surface area contributed by atoms with Crippen LogP contribution >= 0.6 is 0 Å². The van der Waals surface area contributed by atoms with Crippen molar-refractivity contribution in [1.82, 2.24) is 4.90 Å². The van der Waals surface area contributed by atoms with E-state index in [9.17, 15) is 0 Å². The predicted octanol–water partition coefficient (Wildman–Crippen LogP) is 3.10. The Balaban J connectivity index is 2.25. The Morgan fingerprint density at radius 3 is 2.61 bits per heavy atom. The van der Waals surface area contributed by atoms with Gasteiger partial charge in [0.05, 0.1) is 6.04 Å². The first-order valence-corrected chi connectivity index (χ1v) is 7.10. The second-order valence-electron chi connectivity index (χ2n) is 5.85. The summed E-state index contributed by atoms with van der Waals surface area (Å²) in [5.74, 6) is 2.75. The number of aryl methyl sites for hydroxylation is 1. The molecule has 2 rings (SSSR count). The molecule has 0 bridgehead atoms. The van der Waals surface area contributed by atoms with Crippen LogP contribution in [0, 0.1) is 12.8 Å². The summed E-state index contributed by atoms with van der Waals surface area (Å²) in [7, 11) is 0. The van der Waals surface area contributed by atoms with Gasteiger partial charge in [-0.25, -0.2) is 0 Å². The van der Waals surface area contributed by atoms with Gasteiger partial charge in [0.25, 0.3) is 0 Å². The van der Waals surface area contributed by atoms with Gasteiger partial charge >= 0.3 is 0 Å². The maximum Gasteiger partial charge on any atom is 0.122 e.